The summed E-state index contributed by atoms with van der Waals surface area (Å²) in [4.78, 5) is 22.2. The Balaban J connectivity index is 2.59. The summed E-state index contributed by atoms with van der Waals surface area (Å²) in [7, 11) is 0. The van der Waals surface area contributed by atoms with Gasteiger partial charge in [-0.3, -0.25) is 4.79 Å². The van der Waals surface area contributed by atoms with Gasteiger partial charge in [-0.05, 0) is 18.6 Å². The van der Waals surface area contributed by atoms with Crippen LogP contribution in [0, 0.1) is 0 Å². The zero-order valence-electron chi connectivity index (χ0n) is 8.40. The van der Waals surface area contributed by atoms with Gasteiger partial charge in [-0.1, -0.05) is 13.3 Å². The van der Waals surface area contributed by atoms with Crippen LogP contribution in [0.4, 0.5) is 0 Å². The molecule has 0 aromatic carbocycles. The molecule has 5 heteroatoms. The van der Waals surface area contributed by atoms with Crippen molar-refractivity contribution in [3.63, 3.8) is 0 Å². The van der Waals surface area contributed by atoms with Crippen LogP contribution in [0.1, 0.15) is 30.3 Å². The van der Waals surface area contributed by atoms with E-state index in [2.05, 4.69) is 5.32 Å². The van der Waals surface area contributed by atoms with E-state index in [0.717, 1.165) is 0 Å². The molecule has 0 spiro atoms. The van der Waals surface area contributed by atoms with Crippen LogP contribution in [0.5, 0.6) is 0 Å². The van der Waals surface area contributed by atoms with Crippen molar-refractivity contribution in [3.05, 3.63) is 24.2 Å². The molecule has 1 rings (SSSR count). The first-order valence-corrected chi connectivity index (χ1v) is 4.72. The number of carboxylic acids is 1. The number of hydrogen-bond acceptors (Lipinski definition) is 3. The maximum absolute atomic E-state index is 11.4. The third-order valence-electron chi connectivity index (χ3n) is 1.93. The molecule has 5 nitrogen and oxygen atoms in total. The molecule has 0 radical (unpaired) electrons. The maximum atomic E-state index is 11.4. The lowest BCUT2D eigenvalue weighted by molar-refractivity contribution is -0.139. The molecule has 0 aliphatic heterocycles. The second-order valence-electron chi connectivity index (χ2n) is 3.13. The predicted octanol–water partition coefficient (Wildman–Crippen LogP) is 1.26. The van der Waals surface area contributed by atoms with Gasteiger partial charge in [0.25, 0.3) is 5.91 Å². The van der Waals surface area contributed by atoms with Crippen molar-refractivity contribution in [3.8, 4) is 0 Å². The first-order chi connectivity index (χ1) is 7.15. The van der Waals surface area contributed by atoms with Crippen LogP contribution in [0.15, 0.2) is 22.8 Å². The van der Waals surface area contributed by atoms with Gasteiger partial charge in [0.1, 0.15) is 6.04 Å². The van der Waals surface area contributed by atoms with E-state index in [1.54, 1.807) is 6.07 Å². The summed E-state index contributed by atoms with van der Waals surface area (Å²) in [6.07, 6.45) is 2.46. The Hall–Kier alpha value is -1.78. The highest BCUT2D eigenvalue weighted by atomic mass is 16.4. The maximum Gasteiger partial charge on any atom is 0.326 e. The monoisotopic (exact) mass is 211 g/mol. The zero-order chi connectivity index (χ0) is 11.3. The fourth-order valence-corrected chi connectivity index (χ4v) is 1.18. The lowest BCUT2D eigenvalue weighted by Crippen LogP contribution is -2.40. The summed E-state index contributed by atoms with van der Waals surface area (Å²) in [6, 6.07) is 2.21. The molecule has 82 valence electrons. The van der Waals surface area contributed by atoms with Crippen LogP contribution in [0.2, 0.25) is 0 Å². The van der Waals surface area contributed by atoms with Gasteiger partial charge >= 0.3 is 5.97 Å². The van der Waals surface area contributed by atoms with E-state index < -0.39 is 17.9 Å². The molecule has 1 heterocycles. The smallest absolute Gasteiger partial charge is 0.326 e. The minimum atomic E-state index is -1.03. The number of nitrogens with one attached hydrogen (secondary N) is 1. The number of rotatable bonds is 5. The highest BCUT2D eigenvalue weighted by Gasteiger charge is 2.20. The van der Waals surface area contributed by atoms with Gasteiger partial charge in [0.15, 0.2) is 5.76 Å². The van der Waals surface area contributed by atoms with Crippen molar-refractivity contribution >= 4 is 11.9 Å². The highest BCUT2D eigenvalue weighted by Crippen LogP contribution is 2.02. The average molecular weight is 211 g/mol. The highest BCUT2D eigenvalue weighted by molar-refractivity contribution is 5.94. The van der Waals surface area contributed by atoms with E-state index in [4.69, 9.17) is 9.52 Å². The quantitative estimate of drug-likeness (QED) is 0.768. The summed E-state index contributed by atoms with van der Waals surface area (Å²) in [5, 5.41) is 11.2. The Labute approximate surface area is 87.1 Å². The molecule has 0 saturated heterocycles. The molecule has 1 aromatic heterocycles. The predicted molar refractivity (Wildman–Crippen MR) is 52.5 cm³/mol. The first kappa shape index (κ1) is 11.3. The molecular formula is C10H13NO4. The fraction of sp³-hybridized carbons (Fsp3) is 0.400. The largest absolute Gasteiger partial charge is 0.480 e. The molecule has 1 unspecified atom stereocenters. The van der Waals surface area contributed by atoms with Crippen molar-refractivity contribution in [1.82, 2.24) is 5.32 Å². The lowest BCUT2D eigenvalue weighted by atomic mass is 10.1. The van der Waals surface area contributed by atoms with Crippen molar-refractivity contribution in [2.75, 3.05) is 0 Å². The third-order valence-corrected chi connectivity index (χ3v) is 1.93. The summed E-state index contributed by atoms with van der Waals surface area (Å²) in [6.45, 7) is 1.86. The number of amides is 1. The zero-order valence-corrected chi connectivity index (χ0v) is 8.40. The van der Waals surface area contributed by atoms with Crippen LogP contribution in [-0.2, 0) is 4.79 Å². The normalized spacial score (nSPS) is 12.1. The van der Waals surface area contributed by atoms with Crippen LogP contribution in [0.3, 0.4) is 0 Å². The second-order valence-corrected chi connectivity index (χ2v) is 3.13. The minimum Gasteiger partial charge on any atom is -0.480 e. The third kappa shape index (κ3) is 3.12. The van der Waals surface area contributed by atoms with E-state index in [9.17, 15) is 9.59 Å². The van der Waals surface area contributed by atoms with Gasteiger partial charge in [0.05, 0.1) is 6.26 Å². The summed E-state index contributed by atoms with van der Waals surface area (Å²) >= 11 is 0. The van der Waals surface area contributed by atoms with E-state index in [0.29, 0.717) is 12.8 Å². The molecule has 0 aliphatic carbocycles. The van der Waals surface area contributed by atoms with Crippen LogP contribution in [0.25, 0.3) is 0 Å². The lowest BCUT2D eigenvalue weighted by Gasteiger charge is -2.11. The molecule has 1 atom stereocenters. The number of carbonyl (C=O) groups is 2. The molecule has 1 amide bonds. The molecule has 0 saturated carbocycles. The van der Waals surface area contributed by atoms with Crippen molar-refractivity contribution in [2.45, 2.75) is 25.8 Å². The Kier molecular flexibility index (Phi) is 3.91. The van der Waals surface area contributed by atoms with Gasteiger partial charge in [-0.25, -0.2) is 4.79 Å². The Morgan fingerprint density at radius 1 is 1.60 bits per heavy atom. The van der Waals surface area contributed by atoms with Crippen LogP contribution in [-0.4, -0.2) is 23.0 Å². The van der Waals surface area contributed by atoms with E-state index in [1.165, 1.54) is 12.3 Å². The molecule has 0 bridgehead atoms. The number of furan rings is 1. The number of carbonyl (C=O) groups excluding carboxylic acids is 1. The summed E-state index contributed by atoms with van der Waals surface area (Å²) < 4.78 is 4.85. The van der Waals surface area contributed by atoms with E-state index in [-0.39, 0.29) is 5.76 Å². The first-order valence-electron chi connectivity index (χ1n) is 4.72. The standard InChI is InChI=1S/C10H13NO4/c1-2-4-7(10(13)14)11-9(12)8-5-3-6-15-8/h3,5-7H,2,4H2,1H3,(H,11,12)(H,13,14). The van der Waals surface area contributed by atoms with Gasteiger partial charge < -0.3 is 14.8 Å². The van der Waals surface area contributed by atoms with Gasteiger partial charge in [-0.15, -0.1) is 0 Å². The second kappa shape index (κ2) is 5.19. The minimum absolute atomic E-state index is 0.123. The van der Waals surface area contributed by atoms with Gasteiger partial charge in [0, 0.05) is 0 Å². The molecule has 1 aromatic rings. The van der Waals surface area contributed by atoms with Crippen LogP contribution >= 0.6 is 0 Å². The molecular weight excluding hydrogens is 198 g/mol. The molecule has 0 aliphatic rings. The topological polar surface area (TPSA) is 79.5 Å². The number of aliphatic carboxylic acids is 1. The van der Waals surface area contributed by atoms with Gasteiger partial charge in [0.2, 0.25) is 0 Å². The average Bonchev–Trinajstić information content (AvgIpc) is 2.69. The van der Waals surface area contributed by atoms with Crippen molar-refractivity contribution < 1.29 is 19.1 Å². The Morgan fingerprint density at radius 3 is 2.80 bits per heavy atom. The Morgan fingerprint density at radius 2 is 2.33 bits per heavy atom. The number of hydrogen-bond donors (Lipinski definition) is 2. The van der Waals surface area contributed by atoms with Crippen molar-refractivity contribution in [2.24, 2.45) is 0 Å². The van der Waals surface area contributed by atoms with E-state index in [1.807, 2.05) is 6.92 Å². The van der Waals surface area contributed by atoms with E-state index >= 15 is 0 Å². The van der Waals surface area contributed by atoms with Gasteiger partial charge in [-0.2, -0.15) is 0 Å². The molecule has 2 N–H and O–H groups in total. The van der Waals surface area contributed by atoms with Crippen LogP contribution < -0.4 is 5.32 Å². The molecule has 0 fully saturated rings. The SMILES string of the molecule is CCCC(NC(=O)c1ccco1)C(=O)O. The van der Waals surface area contributed by atoms with Crippen molar-refractivity contribution in [1.29, 1.82) is 0 Å². The molecule has 15 heavy (non-hydrogen) atoms. The Bertz CT molecular complexity index is 331. The fourth-order valence-electron chi connectivity index (χ4n) is 1.18. The summed E-state index contributed by atoms with van der Waals surface area (Å²) in [5.74, 6) is -1.41. The summed E-state index contributed by atoms with van der Waals surface area (Å²) in [5.41, 5.74) is 0. The number of carboxylic acid groups (broad SMARTS) is 1.